The number of aliphatic hydroxyl groups is 1. The minimum Gasteiger partial charge on any atom is -0.491 e. The lowest BCUT2D eigenvalue weighted by molar-refractivity contribution is 0.0917. The van der Waals surface area contributed by atoms with Crippen molar-refractivity contribution in [3.63, 3.8) is 0 Å². The highest BCUT2D eigenvalue weighted by Gasteiger charge is 2.16. The lowest BCUT2D eigenvalue weighted by atomic mass is 10.1. The highest BCUT2D eigenvalue weighted by atomic mass is 16.5. The number of nitrogens with zero attached hydrogens (tertiary/aromatic N) is 3. The average molecular weight is 409 g/mol. The molecule has 0 radical (unpaired) electrons. The molecule has 1 atom stereocenters. The second-order valence-corrected chi connectivity index (χ2v) is 8.21. The van der Waals surface area contributed by atoms with Crippen LogP contribution in [-0.2, 0) is 13.1 Å². The molecular weight excluding hydrogens is 376 g/mol. The predicted octanol–water partition coefficient (Wildman–Crippen LogP) is 3.16. The average Bonchev–Trinajstić information content (AvgIpc) is 3.03. The SMILES string of the molecule is Cc1ccccc1OCC(O)Cn1c(=N)n(CCN2CCCCC2)c2ccccc21. The summed E-state index contributed by atoms with van der Waals surface area (Å²) in [5, 5.41) is 19.4. The topological polar surface area (TPSA) is 66.4 Å². The maximum absolute atomic E-state index is 10.6. The minimum atomic E-state index is -0.694. The van der Waals surface area contributed by atoms with Crippen LogP contribution in [0.25, 0.3) is 11.0 Å². The van der Waals surface area contributed by atoms with Crippen molar-refractivity contribution in [3.05, 3.63) is 59.7 Å². The minimum absolute atomic E-state index is 0.199. The van der Waals surface area contributed by atoms with Crippen LogP contribution < -0.4 is 10.4 Å². The van der Waals surface area contributed by atoms with Gasteiger partial charge in [-0.25, -0.2) is 0 Å². The van der Waals surface area contributed by atoms with Crippen molar-refractivity contribution in [1.82, 2.24) is 14.0 Å². The molecule has 0 bridgehead atoms. The molecule has 0 amide bonds. The molecule has 6 nitrogen and oxygen atoms in total. The van der Waals surface area contributed by atoms with Gasteiger partial charge >= 0.3 is 0 Å². The Morgan fingerprint density at radius 3 is 2.33 bits per heavy atom. The molecule has 1 aliphatic heterocycles. The molecule has 3 aromatic rings. The number of benzene rings is 2. The maximum atomic E-state index is 10.6. The number of piperidine rings is 1. The summed E-state index contributed by atoms with van der Waals surface area (Å²) in [6.45, 7) is 6.59. The number of hydrogen-bond donors (Lipinski definition) is 2. The van der Waals surface area contributed by atoms with Gasteiger partial charge in [0.2, 0.25) is 5.62 Å². The Kier molecular flexibility index (Phi) is 6.55. The highest BCUT2D eigenvalue weighted by Crippen LogP contribution is 2.17. The molecular formula is C24H32N4O2. The molecule has 0 saturated carbocycles. The number of para-hydroxylation sites is 3. The third-order valence-electron chi connectivity index (χ3n) is 5.98. The van der Waals surface area contributed by atoms with Gasteiger partial charge in [-0.3, -0.25) is 5.41 Å². The largest absolute Gasteiger partial charge is 0.491 e. The number of rotatable bonds is 8. The van der Waals surface area contributed by atoms with Crippen LogP contribution in [0, 0.1) is 12.3 Å². The van der Waals surface area contributed by atoms with Crippen LogP contribution in [0.4, 0.5) is 0 Å². The van der Waals surface area contributed by atoms with Gasteiger partial charge in [0, 0.05) is 13.1 Å². The first-order chi connectivity index (χ1) is 14.6. The summed E-state index contributed by atoms with van der Waals surface area (Å²) < 4.78 is 9.79. The van der Waals surface area contributed by atoms with E-state index in [9.17, 15) is 5.11 Å². The van der Waals surface area contributed by atoms with Crippen LogP contribution in [0.15, 0.2) is 48.5 Å². The lowest BCUT2D eigenvalue weighted by Crippen LogP contribution is -2.36. The summed E-state index contributed by atoms with van der Waals surface area (Å²) in [5.74, 6) is 0.789. The number of aromatic nitrogens is 2. The molecule has 0 aliphatic carbocycles. The van der Waals surface area contributed by atoms with Crippen LogP contribution in [0.2, 0.25) is 0 Å². The van der Waals surface area contributed by atoms with E-state index in [-0.39, 0.29) is 6.61 Å². The number of fused-ring (bicyclic) bond motifs is 1. The number of ether oxygens (including phenoxy) is 1. The van der Waals surface area contributed by atoms with Gasteiger partial charge in [0.15, 0.2) is 0 Å². The van der Waals surface area contributed by atoms with Gasteiger partial charge in [0.25, 0.3) is 0 Å². The number of nitrogens with one attached hydrogen (secondary N) is 1. The van der Waals surface area contributed by atoms with Crippen LogP contribution in [0.1, 0.15) is 24.8 Å². The number of aryl methyl sites for hydroxylation is 1. The summed E-state index contributed by atoms with van der Waals surface area (Å²) in [6, 6.07) is 15.9. The Hall–Kier alpha value is -2.57. The Morgan fingerprint density at radius 1 is 0.933 bits per heavy atom. The predicted molar refractivity (Wildman–Crippen MR) is 119 cm³/mol. The van der Waals surface area contributed by atoms with Gasteiger partial charge in [-0.15, -0.1) is 0 Å². The van der Waals surface area contributed by atoms with Crippen LogP contribution >= 0.6 is 0 Å². The van der Waals surface area contributed by atoms with Crippen molar-refractivity contribution in [1.29, 1.82) is 5.41 Å². The normalized spacial score (nSPS) is 16.1. The Labute approximate surface area is 177 Å². The molecule has 4 rings (SSSR count). The van der Waals surface area contributed by atoms with Crippen LogP contribution in [0.3, 0.4) is 0 Å². The first-order valence-corrected chi connectivity index (χ1v) is 10.9. The molecule has 1 aliphatic rings. The zero-order chi connectivity index (χ0) is 20.9. The van der Waals surface area contributed by atoms with E-state index in [2.05, 4.69) is 15.5 Å². The third kappa shape index (κ3) is 4.60. The summed E-state index contributed by atoms with van der Waals surface area (Å²) in [5.41, 5.74) is 3.51. The smallest absolute Gasteiger partial charge is 0.203 e. The van der Waals surface area contributed by atoms with E-state index in [0.29, 0.717) is 12.2 Å². The van der Waals surface area contributed by atoms with Crippen molar-refractivity contribution in [2.24, 2.45) is 0 Å². The number of likely N-dealkylation sites (tertiary alicyclic amines) is 1. The highest BCUT2D eigenvalue weighted by molar-refractivity contribution is 5.75. The van der Waals surface area contributed by atoms with E-state index in [1.807, 2.05) is 54.0 Å². The fraction of sp³-hybridized carbons (Fsp3) is 0.458. The standard InChI is InChI=1S/C24H32N4O2/c1-19-9-3-6-12-23(19)30-18-20(29)17-28-22-11-5-4-10-21(22)27(24(28)25)16-15-26-13-7-2-8-14-26/h3-6,9-12,20,25,29H,2,7-8,13-18H2,1H3. The van der Waals surface area contributed by atoms with Crippen molar-refractivity contribution in [2.75, 3.05) is 26.2 Å². The van der Waals surface area contributed by atoms with Gasteiger partial charge in [-0.05, 0) is 56.6 Å². The van der Waals surface area contributed by atoms with Crippen molar-refractivity contribution < 1.29 is 9.84 Å². The molecule has 2 aromatic carbocycles. The molecule has 2 heterocycles. The first kappa shape index (κ1) is 20.7. The molecule has 1 saturated heterocycles. The number of aliphatic hydroxyl groups excluding tert-OH is 1. The number of hydrogen-bond acceptors (Lipinski definition) is 4. The van der Waals surface area contributed by atoms with Gasteiger partial charge in [0.1, 0.15) is 18.5 Å². The van der Waals surface area contributed by atoms with E-state index in [1.165, 1.54) is 19.3 Å². The summed E-state index contributed by atoms with van der Waals surface area (Å²) in [7, 11) is 0. The van der Waals surface area contributed by atoms with Crippen molar-refractivity contribution in [3.8, 4) is 5.75 Å². The summed E-state index contributed by atoms with van der Waals surface area (Å²) in [6.07, 6.45) is 3.18. The zero-order valence-electron chi connectivity index (χ0n) is 17.8. The van der Waals surface area contributed by atoms with Crippen LogP contribution in [0.5, 0.6) is 5.75 Å². The Bertz CT molecular complexity index is 1030. The van der Waals surface area contributed by atoms with Gasteiger partial charge in [0.05, 0.1) is 17.6 Å². The molecule has 1 unspecified atom stereocenters. The molecule has 6 heteroatoms. The summed E-state index contributed by atoms with van der Waals surface area (Å²) >= 11 is 0. The molecule has 0 spiro atoms. The molecule has 1 aromatic heterocycles. The second kappa shape index (κ2) is 9.49. The van der Waals surface area contributed by atoms with E-state index >= 15 is 0 Å². The summed E-state index contributed by atoms with van der Waals surface area (Å²) in [4.78, 5) is 2.49. The quantitative estimate of drug-likeness (QED) is 0.602. The first-order valence-electron chi connectivity index (χ1n) is 10.9. The van der Waals surface area contributed by atoms with E-state index in [4.69, 9.17) is 10.1 Å². The van der Waals surface area contributed by atoms with Crippen molar-refractivity contribution in [2.45, 2.75) is 45.4 Å². The fourth-order valence-corrected chi connectivity index (χ4v) is 4.30. The molecule has 2 N–H and O–H groups in total. The Balaban J connectivity index is 1.48. The van der Waals surface area contributed by atoms with E-state index in [1.54, 1.807) is 0 Å². The Morgan fingerprint density at radius 2 is 1.60 bits per heavy atom. The second-order valence-electron chi connectivity index (χ2n) is 8.21. The fourth-order valence-electron chi connectivity index (χ4n) is 4.30. The van der Waals surface area contributed by atoms with E-state index < -0.39 is 6.10 Å². The third-order valence-corrected chi connectivity index (χ3v) is 5.98. The maximum Gasteiger partial charge on any atom is 0.203 e. The van der Waals surface area contributed by atoms with Crippen LogP contribution in [-0.4, -0.2) is 51.5 Å². The molecule has 30 heavy (non-hydrogen) atoms. The molecule has 160 valence electrons. The van der Waals surface area contributed by atoms with Gasteiger partial charge < -0.3 is 23.9 Å². The van der Waals surface area contributed by atoms with E-state index in [0.717, 1.165) is 48.5 Å². The van der Waals surface area contributed by atoms with Gasteiger partial charge in [-0.1, -0.05) is 36.8 Å². The number of imidazole rings is 1. The monoisotopic (exact) mass is 408 g/mol. The lowest BCUT2D eigenvalue weighted by Gasteiger charge is -2.26. The van der Waals surface area contributed by atoms with Gasteiger partial charge in [-0.2, -0.15) is 0 Å². The zero-order valence-corrected chi connectivity index (χ0v) is 17.8. The van der Waals surface area contributed by atoms with Crippen molar-refractivity contribution >= 4 is 11.0 Å². The molecule has 1 fully saturated rings.